The van der Waals surface area contributed by atoms with E-state index in [9.17, 15) is 14.7 Å². The summed E-state index contributed by atoms with van der Waals surface area (Å²) in [7, 11) is 0. The minimum atomic E-state index is -0.449. The Balaban J connectivity index is 2.49. The molecule has 0 saturated carbocycles. The lowest BCUT2D eigenvalue weighted by atomic mass is 10.1. The van der Waals surface area contributed by atoms with Gasteiger partial charge >= 0.3 is 6.03 Å². The van der Waals surface area contributed by atoms with Gasteiger partial charge in [0.05, 0.1) is 12.1 Å². The normalized spacial score (nSPS) is 23.4. The highest BCUT2D eigenvalue weighted by Crippen LogP contribution is 2.13. The topological polar surface area (TPSA) is 84.9 Å². The molecule has 1 aliphatic heterocycles. The maximum atomic E-state index is 12.1. The Morgan fingerprint density at radius 1 is 1.33 bits per heavy atom. The summed E-state index contributed by atoms with van der Waals surface area (Å²) >= 11 is 0. The van der Waals surface area contributed by atoms with Crippen molar-refractivity contribution in [3.8, 4) is 0 Å². The minimum absolute atomic E-state index is 0.201. The molecule has 1 fully saturated rings. The van der Waals surface area contributed by atoms with Crippen molar-refractivity contribution < 1.29 is 14.7 Å². The summed E-state index contributed by atoms with van der Waals surface area (Å²) in [6, 6.07) is -0.599. The summed E-state index contributed by atoms with van der Waals surface area (Å²) in [4.78, 5) is 27.7. The molecular weight excluding hydrogens is 272 g/mol. The molecule has 0 bridgehead atoms. The zero-order valence-electron chi connectivity index (χ0n) is 13.4. The first-order valence-corrected chi connectivity index (χ1v) is 7.60. The number of carbonyl (C=O) groups is 2. The standard InChI is InChI=1S/C14H28N4O3/c1-5-15-14(21)16-13(20)12(4)18-7-6-17(8-10(18)2)9-11(3)19/h10-12,19H,5-9H2,1-4H3,(H2,15,16,20,21). The molecule has 1 aliphatic rings. The van der Waals surface area contributed by atoms with E-state index in [1.54, 1.807) is 13.8 Å². The predicted octanol–water partition coefficient (Wildman–Crippen LogP) is -0.392. The molecule has 3 amide bonds. The van der Waals surface area contributed by atoms with Crippen LogP contribution in [0.1, 0.15) is 27.7 Å². The zero-order chi connectivity index (χ0) is 16.0. The van der Waals surface area contributed by atoms with Crippen LogP contribution < -0.4 is 10.6 Å². The van der Waals surface area contributed by atoms with Crippen molar-refractivity contribution in [2.24, 2.45) is 0 Å². The monoisotopic (exact) mass is 300 g/mol. The summed E-state index contributed by atoms with van der Waals surface area (Å²) in [6.07, 6.45) is -0.345. The lowest BCUT2D eigenvalue weighted by Gasteiger charge is -2.42. The van der Waals surface area contributed by atoms with E-state index in [1.807, 2.05) is 6.92 Å². The number of nitrogens with zero attached hydrogens (tertiary/aromatic N) is 2. The average Bonchev–Trinajstić information content (AvgIpc) is 2.37. The van der Waals surface area contributed by atoms with Gasteiger partial charge in [-0.25, -0.2) is 4.79 Å². The highest BCUT2D eigenvalue weighted by molar-refractivity contribution is 5.96. The first kappa shape index (κ1) is 17.9. The summed E-state index contributed by atoms with van der Waals surface area (Å²) in [5, 5.41) is 14.3. The van der Waals surface area contributed by atoms with Crippen molar-refractivity contribution in [2.75, 3.05) is 32.7 Å². The van der Waals surface area contributed by atoms with Gasteiger partial charge in [-0.2, -0.15) is 0 Å². The number of imide groups is 1. The molecule has 1 saturated heterocycles. The Hall–Kier alpha value is -1.18. The first-order valence-electron chi connectivity index (χ1n) is 7.60. The van der Waals surface area contributed by atoms with Crippen LogP contribution in [0.15, 0.2) is 0 Å². The number of rotatable bonds is 5. The maximum absolute atomic E-state index is 12.1. The number of piperazine rings is 1. The Morgan fingerprint density at radius 3 is 2.52 bits per heavy atom. The molecule has 7 nitrogen and oxygen atoms in total. The Morgan fingerprint density at radius 2 is 2.00 bits per heavy atom. The molecule has 0 radical (unpaired) electrons. The third-order valence-corrected chi connectivity index (χ3v) is 3.74. The summed E-state index contributed by atoms with van der Waals surface area (Å²) in [5.74, 6) is -0.281. The van der Waals surface area contributed by atoms with Crippen molar-refractivity contribution in [1.29, 1.82) is 0 Å². The van der Waals surface area contributed by atoms with Gasteiger partial charge in [0.25, 0.3) is 0 Å². The van der Waals surface area contributed by atoms with Crippen molar-refractivity contribution >= 4 is 11.9 Å². The molecular formula is C14H28N4O3. The second kappa shape index (κ2) is 8.31. The number of amides is 3. The van der Waals surface area contributed by atoms with Crippen molar-refractivity contribution in [1.82, 2.24) is 20.4 Å². The van der Waals surface area contributed by atoms with Gasteiger partial charge in [0, 0.05) is 38.8 Å². The SMILES string of the molecule is CCNC(=O)NC(=O)C(C)N1CCN(CC(C)O)CC1C. The number of hydrogen-bond acceptors (Lipinski definition) is 5. The predicted molar refractivity (Wildman–Crippen MR) is 81.0 cm³/mol. The summed E-state index contributed by atoms with van der Waals surface area (Å²) in [6.45, 7) is 11.0. The third kappa shape index (κ3) is 5.61. The molecule has 0 aliphatic carbocycles. The highest BCUT2D eigenvalue weighted by atomic mass is 16.3. The van der Waals surface area contributed by atoms with E-state index >= 15 is 0 Å². The number of aliphatic hydroxyl groups excluding tert-OH is 1. The van der Waals surface area contributed by atoms with Crippen LogP contribution in [0.25, 0.3) is 0 Å². The van der Waals surface area contributed by atoms with Crippen LogP contribution in [0.2, 0.25) is 0 Å². The van der Waals surface area contributed by atoms with Crippen LogP contribution in [0.5, 0.6) is 0 Å². The van der Waals surface area contributed by atoms with E-state index in [0.717, 1.165) is 19.6 Å². The van der Waals surface area contributed by atoms with E-state index in [-0.39, 0.29) is 24.1 Å². The van der Waals surface area contributed by atoms with Gasteiger partial charge in [0.2, 0.25) is 5.91 Å². The fraction of sp³-hybridized carbons (Fsp3) is 0.857. The molecule has 1 heterocycles. The number of aliphatic hydroxyl groups is 1. The average molecular weight is 300 g/mol. The van der Waals surface area contributed by atoms with E-state index in [0.29, 0.717) is 13.1 Å². The Bertz CT molecular complexity index is 362. The molecule has 0 aromatic carbocycles. The zero-order valence-corrected chi connectivity index (χ0v) is 13.4. The molecule has 21 heavy (non-hydrogen) atoms. The fourth-order valence-electron chi connectivity index (χ4n) is 2.73. The molecule has 3 N–H and O–H groups in total. The van der Waals surface area contributed by atoms with E-state index < -0.39 is 6.03 Å². The molecule has 0 aromatic heterocycles. The van der Waals surface area contributed by atoms with Crippen LogP contribution >= 0.6 is 0 Å². The van der Waals surface area contributed by atoms with Gasteiger partial charge < -0.3 is 10.4 Å². The number of urea groups is 1. The van der Waals surface area contributed by atoms with Crippen molar-refractivity contribution in [3.63, 3.8) is 0 Å². The molecule has 0 spiro atoms. The molecule has 0 aromatic rings. The number of carbonyl (C=O) groups excluding carboxylic acids is 2. The molecule has 7 heteroatoms. The number of hydrogen-bond donors (Lipinski definition) is 3. The Labute approximate surface area is 126 Å². The van der Waals surface area contributed by atoms with E-state index in [2.05, 4.69) is 27.4 Å². The number of β-amino-alcohol motifs (C(OH)–C–C–N with tert-alkyl or cyclic N) is 1. The van der Waals surface area contributed by atoms with Crippen LogP contribution in [-0.2, 0) is 4.79 Å². The first-order chi connectivity index (χ1) is 9.85. The van der Waals surface area contributed by atoms with Crippen molar-refractivity contribution in [2.45, 2.75) is 45.9 Å². The van der Waals surface area contributed by atoms with Crippen LogP contribution in [0.4, 0.5) is 4.79 Å². The van der Waals surface area contributed by atoms with Gasteiger partial charge in [-0.1, -0.05) is 0 Å². The minimum Gasteiger partial charge on any atom is -0.392 e. The highest BCUT2D eigenvalue weighted by Gasteiger charge is 2.31. The molecule has 122 valence electrons. The van der Waals surface area contributed by atoms with Gasteiger partial charge in [-0.05, 0) is 27.7 Å². The lowest BCUT2D eigenvalue weighted by Crippen LogP contribution is -2.59. The number of nitrogens with one attached hydrogen (secondary N) is 2. The fourth-order valence-corrected chi connectivity index (χ4v) is 2.73. The van der Waals surface area contributed by atoms with Gasteiger partial charge in [-0.3, -0.25) is 19.9 Å². The van der Waals surface area contributed by atoms with Gasteiger partial charge in [-0.15, -0.1) is 0 Å². The second-order valence-electron chi connectivity index (χ2n) is 5.72. The molecule has 3 unspecified atom stereocenters. The van der Waals surface area contributed by atoms with Gasteiger partial charge in [0.15, 0.2) is 0 Å². The summed E-state index contributed by atoms with van der Waals surface area (Å²) < 4.78 is 0. The van der Waals surface area contributed by atoms with Crippen LogP contribution in [0.3, 0.4) is 0 Å². The molecule has 3 atom stereocenters. The van der Waals surface area contributed by atoms with Crippen LogP contribution in [-0.4, -0.2) is 77.8 Å². The quantitative estimate of drug-likeness (QED) is 0.644. The maximum Gasteiger partial charge on any atom is 0.321 e. The molecule has 1 rings (SSSR count). The van der Waals surface area contributed by atoms with E-state index in [1.165, 1.54) is 0 Å². The second-order valence-corrected chi connectivity index (χ2v) is 5.72. The Kier molecular flexibility index (Phi) is 7.07. The largest absolute Gasteiger partial charge is 0.392 e. The summed E-state index contributed by atoms with van der Waals surface area (Å²) in [5.41, 5.74) is 0. The van der Waals surface area contributed by atoms with Crippen LogP contribution in [0, 0.1) is 0 Å². The third-order valence-electron chi connectivity index (χ3n) is 3.74. The van der Waals surface area contributed by atoms with E-state index in [4.69, 9.17) is 0 Å². The van der Waals surface area contributed by atoms with Gasteiger partial charge in [0.1, 0.15) is 0 Å². The lowest BCUT2D eigenvalue weighted by molar-refractivity contribution is -0.126. The van der Waals surface area contributed by atoms with Crippen molar-refractivity contribution in [3.05, 3.63) is 0 Å². The smallest absolute Gasteiger partial charge is 0.321 e.